The van der Waals surface area contributed by atoms with Gasteiger partial charge in [-0.1, -0.05) is 41.0 Å². The highest BCUT2D eigenvalue weighted by Gasteiger charge is 2.60. The van der Waals surface area contributed by atoms with E-state index in [0.29, 0.717) is 16.7 Å². The first-order valence-electron chi connectivity index (χ1n) is 12.6. The lowest BCUT2D eigenvalue weighted by Crippen LogP contribution is -2.53. The van der Waals surface area contributed by atoms with Gasteiger partial charge in [0.25, 0.3) is 0 Å². The van der Waals surface area contributed by atoms with Gasteiger partial charge in [-0.15, -0.1) is 0 Å². The minimum atomic E-state index is -0.133. The van der Waals surface area contributed by atoms with E-state index in [1.807, 2.05) is 27.9 Å². The van der Waals surface area contributed by atoms with Crippen LogP contribution >= 0.6 is 0 Å². The Hall–Kier alpha value is -0.0800. The third-order valence-corrected chi connectivity index (χ3v) is 9.54. The number of methoxy groups -OCH3 is 1. The van der Waals surface area contributed by atoms with Crippen LogP contribution in [0, 0.1) is 40.4 Å². The number of ether oxygens (including phenoxy) is 1. The van der Waals surface area contributed by atoms with Gasteiger partial charge in [0.15, 0.2) is 0 Å². The average molecular weight is 395 g/mol. The van der Waals surface area contributed by atoms with Gasteiger partial charge in [-0.2, -0.15) is 0 Å². The van der Waals surface area contributed by atoms with E-state index in [2.05, 4.69) is 20.8 Å². The molecule has 3 rings (SSSR count). The summed E-state index contributed by atoms with van der Waals surface area (Å²) in [4.78, 5) is 0. The summed E-state index contributed by atoms with van der Waals surface area (Å²) >= 11 is 0. The lowest BCUT2D eigenvalue weighted by atomic mass is 9.44. The van der Waals surface area contributed by atoms with Gasteiger partial charge in [0.1, 0.15) is 0 Å². The Morgan fingerprint density at radius 3 is 2.32 bits per heavy atom. The third kappa shape index (κ3) is 4.07. The van der Waals surface area contributed by atoms with Gasteiger partial charge in [0.05, 0.1) is 6.10 Å². The first-order chi connectivity index (χ1) is 13.4. The van der Waals surface area contributed by atoms with E-state index in [0.717, 1.165) is 30.3 Å². The molecule has 3 fully saturated rings. The van der Waals surface area contributed by atoms with Crippen molar-refractivity contribution in [3.05, 3.63) is 0 Å². The average Bonchev–Trinajstić information content (AvgIpc) is 3.06. The molecule has 8 atom stereocenters. The van der Waals surface area contributed by atoms with Crippen molar-refractivity contribution >= 4 is 0 Å². The predicted molar refractivity (Wildman–Crippen MR) is 120 cm³/mol. The maximum Gasteiger partial charge on any atom is 0.0545 e. The predicted octanol–water partition coefficient (Wildman–Crippen LogP) is 7.10. The maximum atomic E-state index is 10.4. The molecule has 0 aliphatic heterocycles. The maximum absolute atomic E-state index is 10.4. The van der Waals surface area contributed by atoms with Gasteiger partial charge in [-0.25, -0.2) is 0 Å². The SMILES string of the molecule is CC.CCCC1(CC)C(CCOC)CCC2C3CCC(C(C)O)C3(C)CCC21. The molecule has 166 valence electrons. The molecule has 3 saturated carbocycles. The Bertz CT molecular complexity index is 461. The number of fused-ring (bicyclic) bond motifs is 3. The number of rotatable bonds is 7. The zero-order valence-electron chi connectivity index (χ0n) is 20.1. The van der Waals surface area contributed by atoms with Crippen molar-refractivity contribution < 1.29 is 9.84 Å². The summed E-state index contributed by atoms with van der Waals surface area (Å²) in [6, 6.07) is 0. The molecule has 0 bridgehead atoms. The van der Waals surface area contributed by atoms with Crippen LogP contribution in [-0.2, 0) is 4.74 Å². The second-order valence-corrected chi connectivity index (χ2v) is 10.2. The summed E-state index contributed by atoms with van der Waals surface area (Å²) < 4.78 is 5.49. The summed E-state index contributed by atoms with van der Waals surface area (Å²) in [7, 11) is 1.86. The first-order valence-corrected chi connectivity index (χ1v) is 12.6. The molecule has 0 amide bonds. The van der Waals surface area contributed by atoms with E-state index >= 15 is 0 Å². The highest BCUT2D eigenvalue weighted by Crippen LogP contribution is 2.67. The monoisotopic (exact) mass is 394 g/mol. The largest absolute Gasteiger partial charge is 0.393 e. The molecule has 8 unspecified atom stereocenters. The fourth-order valence-electron chi connectivity index (χ4n) is 8.50. The molecule has 0 aromatic rings. The summed E-state index contributed by atoms with van der Waals surface area (Å²) in [6.45, 7) is 14.4. The van der Waals surface area contributed by atoms with Crippen molar-refractivity contribution in [2.75, 3.05) is 13.7 Å². The highest BCUT2D eigenvalue weighted by molar-refractivity contribution is 5.09. The number of aliphatic hydroxyl groups is 1. The van der Waals surface area contributed by atoms with Crippen LogP contribution in [0.15, 0.2) is 0 Å². The highest BCUT2D eigenvalue weighted by atomic mass is 16.5. The van der Waals surface area contributed by atoms with E-state index in [1.165, 1.54) is 64.2 Å². The lowest BCUT2D eigenvalue weighted by molar-refractivity contribution is -0.122. The van der Waals surface area contributed by atoms with Crippen molar-refractivity contribution in [1.82, 2.24) is 0 Å². The van der Waals surface area contributed by atoms with Gasteiger partial charge in [-0.3, -0.25) is 0 Å². The Balaban J connectivity index is 0.00000136. The molecule has 0 aromatic carbocycles. The van der Waals surface area contributed by atoms with Crippen molar-refractivity contribution in [3.8, 4) is 0 Å². The van der Waals surface area contributed by atoms with E-state index < -0.39 is 0 Å². The Kier molecular flexibility index (Phi) is 8.89. The minimum Gasteiger partial charge on any atom is -0.393 e. The van der Waals surface area contributed by atoms with E-state index in [1.54, 1.807) is 0 Å². The lowest BCUT2D eigenvalue weighted by Gasteiger charge is -2.60. The van der Waals surface area contributed by atoms with Crippen molar-refractivity contribution in [2.45, 2.75) is 112 Å². The number of aliphatic hydroxyl groups excluding tert-OH is 1. The van der Waals surface area contributed by atoms with Gasteiger partial charge in [-0.05, 0) is 105 Å². The quantitative estimate of drug-likeness (QED) is 0.499. The fraction of sp³-hybridized carbons (Fsp3) is 1.00. The standard InChI is InChI=1S/C24H44O2.C2H6/c1-6-14-24(7-2)18(13-16-26-5)8-9-19-21-11-10-20(17(3)25)23(21,4)15-12-22(19)24;1-2/h17-22,25H,6-16H2,1-5H3;1-2H3. The second kappa shape index (κ2) is 10.3. The Labute approximate surface area is 176 Å². The van der Waals surface area contributed by atoms with Gasteiger partial charge >= 0.3 is 0 Å². The molecular weight excluding hydrogens is 344 g/mol. The molecule has 3 aliphatic carbocycles. The smallest absolute Gasteiger partial charge is 0.0545 e. The Morgan fingerprint density at radius 1 is 1.04 bits per heavy atom. The fourth-order valence-corrected chi connectivity index (χ4v) is 8.50. The molecular formula is C26H50O2. The molecule has 0 radical (unpaired) electrons. The topological polar surface area (TPSA) is 29.5 Å². The molecule has 28 heavy (non-hydrogen) atoms. The number of hydrogen-bond acceptors (Lipinski definition) is 2. The van der Waals surface area contributed by atoms with Crippen LogP contribution in [0.25, 0.3) is 0 Å². The molecule has 1 N–H and O–H groups in total. The summed E-state index contributed by atoms with van der Waals surface area (Å²) in [5.74, 6) is 4.05. The van der Waals surface area contributed by atoms with Crippen LogP contribution in [0.3, 0.4) is 0 Å². The van der Waals surface area contributed by atoms with Crippen LogP contribution in [0.2, 0.25) is 0 Å². The molecule has 3 aliphatic rings. The summed E-state index contributed by atoms with van der Waals surface area (Å²) in [5.41, 5.74) is 0.931. The van der Waals surface area contributed by atoms with Crippen LogP contribution < -0.4 is 0 Å². The zero-order chi connectivity index (χ0) is 20.9. The second-order valence-electron chi connectivity index (χ2n) is 10.2. The van der Waals surface area contributed by atoms with Crippen LogP contribution in [0.4, 0.5) is 0 Å². The third-order valence-electron chi connectivity index (χ3n) is 9.54. The molecule has 0 heterocycles. The van der Waals surface area contributed by atoms with E-state index in [4.69, 9.17) is 4.74 Å². The summed E-state index contributed by atoms with van der Waals surface area (Å²) in [5, 5.41) is 10.4. The molecule has 2 nitrogen and oxygen atoms in total. The number of hydrogen-bond donors (Lipinski definition) is 1. The van der Waals surface area contributed by atoms with Gasteiger partial charge in [0, 0.05) is 13.7 Å². The molecule has 0 saturated heterocycles. The van der Waals surface area contributed by atoms with Gasteiger partial charge in [0.2, 0.25) is 0 Å². The zero-order valence-corrected chi connectivity index (χ0v) is 20.1. The van der Waals surface area contributed by atoms with E-state index in [9.17, 15) is 5.11 Å². The molecule has 0 spiro atoms. The van der Waals surface area contributed by atoms with Gasteiger partial charge < -0.3 is 9.84 Å². The van der Waals surface area contributed by atoms with Crippen LogP contribution in [-0.4, -0.2) is 24.9 Å². The van der Waals surface area contributed by atoms with E-state index in [-0.39, 0.29) is 6.10 Å². The minimum absolute atomic E-state index is 0.133. The van der Waals surface area contributed by atoms with Crippen LogP contribution in [0.1, 0.15) is 106 Å². The Morgan fingerprint density at radius 2 is 1.75 bits per heavy atom. The summed E-state index contributed by atoms with van der Waals surface area (Å²) in [6.07, 6.45) is 13.4. The normalized spacial score (nSPS) is 43.5. The molecule has 0 aromatic heterocycles. The van der Waals surface area contributed by atoms with Crippen molar-refractivity contribution in [2.24, 2.45) is 40.4 Å². The van der Waals surface area contributed by atoms with Crippen molar-refractivity contribution in [1.29, 1.82) is 0 Å². The molecule has 2 heteroatoms. The first kappa shape index (κ1) is 24.2. The van der Waals surface area contributed by atoms with Crippen LogP contribution in [0.5, 0.6) is 0 Å². The van der Waals surface area contributed by atoms with Crippen molar-refractivity contribution in [3.63, 3.8) is 0 Å².